The third-order valence-corrected chi connectivity index (χ3v) is 7.71. The average Bonchev–Trinajstić information content (AvgIpc) is 2.95. The molecule has 3 atom stereocenters. The third-order valence-electron chi connectivity index (χ3n) is 6.76. The van der Waals surface area contributed by atoms with E-state index in [4.69, 9.17) is 19.1 Å². The summed E-state index contributed by atoms with van der Waals surface area (Å²) in [6, 6.07) is 0. The van der Waals surface area contributed by atoms with E-state index >= 15 is 0 Å². The summed E-state index contributed by atoms with van der Waals surface area (Å²) < 4.78 is 32.3. The molecule has 2 unspecified atom stereocenters. The number of carbonyl (C=O) groups is 2. The summed E-state index contributed by atoms with van der Waals surface area (Å²) in [5.74, 6) is -0.927. The Bertz CT molecular complexity index is 676. The Hall–Kier alpha value is -1.03. The Balaban J connectivity index is 4.46. The van der Waals surface area contributed by atoms with Crippen LogP contribution in [0.2, 0.25) is 0 Å². The Kier molecular flexibility index (Phi) is 27.1. The van der Waals surface area contributed by atoms with Crippen molar-refractivity contribution in [2.24, 2.45) is 0 Å². The zero-order chi connectivity index (χ0) is 30.6. The molecule has 11 heteroatoms. The van der Waals surface area contributed by atoms with Crippen LogP contribution in [-0.2, 0) is 32.7 Å². The largest absolute Gasteiger partial charge is 0.472 e. The van der Waals surface area contributed by atoms with E-state index in [1.165, 1.54) is 64.2 Å². The Labute approximate surface area is 248 Å². The van der Waals surface area contributed by atoms with Crippen LogP contribution in [0.4, 0.5) is 0 Å². The highest BCUT2D eigenvalue weighted by molar-refractivity contribution is 7.47. The quantitative estimate of drug-likeness (QED) is 0.0452. The number of rotatable bonds is 30. The fourth-order valence-corrected chi connectivity index (χ4v) is 5.02. The predicted molar refractivity (Wildman–Crippen MR) is 159 cm³/mol. The molecule has 0 aliphatic heterocycles. The highest BCUT2D eigenvalue weighted by Gasteiger charge is 2.27. The summed E-state index contributed by atoms with van der Waals surface area (Å²) in [7, 11) is -4.59. The lowest BCUT2D eigenvalue weighted by Gasteiger charge is -2.20. The predicted octanol–water partition coefficient (Wildman–Crippen LogP) is 6.77. The minimum absolute atomic E-state index is 0.189. The van der Waals surface area contributed by atoms with Gasteiger partial charge < -0.3 is 24.6 Å². The van der Waals surface area contributed by atoms with Gasteiger partial charge in [0.1, 0.15) is 12.7 Å². The van der Waals surface area contributed by atoms with E-state index in [1.54, 1.807) is 0 Å². The first-order valence-corrected chi connectivity index (χ1v) is 17.5. The molecule has 0 saturated heterocycles. The maximum atomic E-state index is 12.4. The van der Waals surface area contributed by atoms with Gasteiger partial charge in [0.05, 0.1) is 19.8 Å². The lowest BCUT2D eigenvalue weighted by molar-refractivity contribution is -0.161. The zero-order valence-corrected chi connectivity index (χ0v) is 26.7. The van der Waals surface area contributed by atoms with Crippen molar-refractivity contribution in [2.75, 3.05) is 26.4 Å². The monoisotopic (exact) mass is 610 g/mol. The number of aliphatic hydroxyl groups excluding tert-OH is 2. The van der Waals surface area contributed by atoms with Crippen LogP contribution in [0.25, 0.3) is 0 Å². The van der Waals surface area contributed by atoms with Gasteiger partial charge in [-0.15, -0.1) is 0 Å². The van der Waals surface area contributed by atoms with E-state index in [0.29, 0.717) is 12.8 Å². The van der Waals surface area contributed by atoms with E-state index in [1.807, 2.05) is 0 Å². The van der Waals surface area contributed by atoms with Crippen molar-refractivity contribution in [1.29, 1.82) is 0 Å². The fraction of sp³-hybridized carbons (Fsp3) is 0.933. The summed E-state index contributed by atoms with van der Waals surface area (Å²) in [4.78, 5) is 34.4. The van der Waals surface area contributed by atoms with Crippen LogP contribution in [0.5, 0.6) is 0 Å². The van der Waals surface area contributed by atoms with Gasteiger partial charge in [-0.25, -0.2) is 4.57 Å². The summed E-state index contributed by atoms with van der Waals surface area (Å²) >= 11 is 0. The second-order valence-electron chi connectivity index (χ2n) is 10.8. The van der Waals surface area contributed by atoms with Crippen molar-refractivity contribution in [2.45, 2.75) is 154 Å². The maximum Gasteiger partial charge on any atom is 0.472 e. The highest BCUT2D eigenvalue weighted by Crippen LogP contribution is 2.43. The molecule has 0 aromatic heterocycles. The molecule has 0 heterocycles. The number of hydrogen-bond acceptors (Lipinski definition) is 9. The van der Waals surface area contributed by atoms with Crippen LogP contribution in [0.15, 0.2) is 0 Å². The minimum atomic E-state index is -4.59. The van der Waals surface area contributed by atoms with E-state index in [0.717, 1.165) is 38.5 Å². The third kappa shape index (κ3) is 27.5. The molecule has 0 rings (SSSR count). The molecule has 244 valence electrons. The molecule has 0 aromatic carbocycles. The number of phosphoric acid groups is 1. The number of esters is 2. The molecule has 0 bridgehead atoms. The van der Waals surface area contributed by atoms with Crippen LogP contribution < -0.4 is 0 Å². The first-order chi connectivity index (χ1) is 19.7. The molecule has 0 aliphatic rings. The summed E-state index contributed by atoms with van der Waals surface area (Å²) in [6.45, 7) is 2.30. The molecule has 0 radical (unpaired) electrons. The zero-order valence-electron chi connectivity index (χ0n) is 25.8. The molecular formula is C30H59O10P. The summed E-state index contributed by atoms with van der Waals surface area (Å²) in [5.41, 5.74) is 0. The van der Waals surface area contributed by atoms with Gasteiger partial charge in [-0.2, -0.15) is 0 Å². The number of ether oxygens (including phenoxy) is 2. The smallest absolute Gasteiger partial charge is 0.462 e. The van der Waals surface area contributed by atoms with Crippen LogP contribution in [-0.4, -0.2) is 65.7 Å². The van der Waals surface area contributed by atoms with Gasteiger partial charge in [-0.05, 0) is 12.8 Å². The molecule has 0 saturated carbocycles. The summed E-state index contributed by atoms with van der Waals surface area (Å²) in [6.07, 6.45) is 18.1. The SMILES string of the molecule is CCCCCCCCCCCC(=O)OC[C@H](COP(=O)(O)OCC(O)CO)OC(=O)CCCCCCCCCCC. The second-order valence-corrected chi connectivity index (χ2v) is 12.3. The van der Waals surface area contributed by atoms with Gasteiger partial charge in [0, 0.05) is 12.8 Å². The molecule has 3 N–H and O–H groups in total. The Morgan fingerprint density at radius 1 is 0.634 bits per heavy atom. The second kappa shape index (κ2) is 27.8. The lowest BCUT2D eigenvalue weighted by Crippen LogP contribution is -2.29. The number of carbonyl (C=O) groups excluding carboxylic acids is 2. The Morgan fingerprint density at radius 3 is 1.51 bits per heavy atom. The van der Waals surface area contributed by atoms with Crippen molar-refractivity contribution in [3.63, 3.8) is 0 Å². The molecule has 10 nitrogen and oxygen atoms in total. The molecular weight excluding hydrogens is 551 g/mol. The van der Waals surface area contributed by atoms with Gasteiger partial charge in [-0.1, -0.05) is 117 Å². The first kappa shape index (κ1) is 40.0. The van der Waals surface area contributed by atoms with E-state index < -0.39 is 51.8 Å². The van der Waals surface area contributed by atoms with Crippen LogP contribution >= 0.6 is 7.82 Å². The van der Waals surface area contributed by atoms with Crippen LogP contribution in [0.1, 0.15) is 142 Å². The molecule has 0 fully saturated rings. The molecule has 0 spiro atoms. The normalized spacial score (nSPS) is 14.4. The number of aliphatic hydroxyl groups is 2. The van der Waals surface area contributed by atoms with Gasteiger partial charge in [0.15, 0.2) is 6.10 Å². The van der Waals surface area contributed by atoms with Crippen LogP contribution in [0.3, 0.4) is 0 Å². The van der Waals surface area contributed by atoms with Crippen molar-refractivity contribution >= 4 is 19.8 Å². The average molecular weight is 611 g/mol. The van der Waals surface area contributed by atoms with Gasteiger partial charge >= 0.3 is 19.8 Å². The molecule has 0 aromatic rings. The standard InChI is InChI=1S/C30H59O10P/c1-3-5-7-9-11-13-15-17-19-21-29(33)37-25-28(26-39-41(35,36)38-24-27(32)23-31)40-30(34)22-20-18-16-14-12-10-8-6-4-2/h27-28,31-32H,3-26H2,1-2H3,(H,35,36)/t27?,28-/m1/s1. The molecule has 41 heavy (non-hydrogen) atoms. The van der Waals surface area contributed by atoms with Crippen molar-refractivity contribution in [3.8, 4) is 0 Å². The van der Waals surface area contributed by atoms with E-state index in [-0.39, 0.29) is 19.4 Å². The van der Waals surface area contributed by atoms with Crippen LogP contribution in [0, 0.1) is 0 Å². The fourth-order valence-electron chi connectivity index (χ4n) is 4.23. The Morgan fingerprint density at radius 2 is 1.05 bits per heavy atom. The summed E-state index contributed by atoms with van der Waals surface area (Å²) in [5, 5.41) is 18.1. The van der Waals surface area contributed by atoms with Gasteiger partial charge in [-0.3, -0.25) is 18.6 Å². The van der Waals surface area contributed by atoms with E-state index in [2.05, 4.69) is 18.4 Å². The first-order valence-electron chi connectivity index (χ1n) is 16.0. The van der Waals surface area contributed by atoms with Gasteiger partial charge in [0.25, 0.3) is 0 Å². The molecule has 0 amide bonds. The number of hydrogen-bond donors (Lipinski definition) is 3. The molecule has 0 aliphatic carbocycles. The van der Waals surface area contributed by atoms with E-state index in [9.17, 15) is 24.2 Å². The number of phosphoric ester groups is 1. The topological polar surface area (TPSA) is 149 Å². The minimum Gasteiger partial charge on any atom is -0.462 e. The van der Waals surface area contributed by atoms with Crippen molar-refractivity contribution in [1.82, 2.24) is 0 Å². The highest BCUT2D eigenvalue weighted by atomic mass is 31.2. The number of unbranched alkanes of at least 4 members (excludes halogenated alkanes) is 16. The van der Waals surface area contributed by atoms with Crippen molar-refractivity contribution in [3.05, 3.63) is 0 Å². The van der Waals surface area contributed by atoms with Crippen molar-refractivity contribution < 1.29 is 47.8 Å². The maximum absolute atomic E-state index is 12.4. The lowest BCUT2D eigenvalue weighted by atomic mass is 10.1. The van der Waals surface area contributed by atoms with Gasteiger partial charge in [0.2, 0.25) is 0 Å².